The summed E-state index contributed by atoms with van der Waals surface area (Å²) in [6.45, 7) is 7.27. The van der Waals surface area contributed by atoms with Crippen molar-refractivity contribution in [3.8, 4) is 0 Å². The second-order valence-corrected chi connectivity index (χ2v) is 7.31. The summed E-state index contributed by atoms with van der Waals surface area (Å²) in [5.74, 6) is -0.203. The van der Waals surface area contributed by atoms with Crippen LogP contribution in [0, 0.1) is 0 Å². The first-order chi connectivity index (χ1) is 13.0. The Hall–Kier alpha value is -2.01. The number of anilines is 2. The fraction of sp³-hybridized carbons (Fsp3) is 0.286. The zero-order chi connectivity index (χ0) is 19.2. The number of rotatable bonds is 5. The number of benzene rings is 2. The maximum Gasteiger partial charge on any atom is 0.248 e. The molecule has 1 saturated heterocycles. The van der Waals surface area contributed by atoms with Gasteiger partial charge in [-0.1, -0.05) is 42.3 Å². The Kier molecular flexibility index (Phi) is 6.78. The number of nitrogens with one attached hydrogen (secondary N) is 1. The second kappa shape index (κ2) is 9.27. The first-order valence-electron chi connectivity index (χ1n) is 9.06. The fourth-order valence-electron chi connectivity index (χ4n) is 3.08. The third kappa shape index (κ3) is 5.48. The van der Waals surface area contributed by atoms with Gasteiger partial charge >= 0.3 is 0 Å². The summed E-state index contributed by atoms with van der Waals surface area (Å²) in [4.78, 5) is 16.9. The quantitative estimate of drug-likeness (QED) is 0.728. The summed E-state index contributed by atoms with van der Waals surface area (Å²) in [5.41, 5.74) is 2.61. The van der Waals surface area contributed by atoms with E-state index in [1.807, 2.05) is 24.3 Å². The molecule has 6 heteroatoms. The van der Waals surface area contributed by atoms with Gasteiger partial charge in [-0.2, -0.15) is 0 Å². The molecule has 0 unspecified atom stereocenters. The van der Waals surface area contributed by atoms with Crippen LogP contribution in [-0.2, 0) is 4.79 Å². The van der Waals surface area contributed by atoms with E-state index in [1.165, 1.54) is 6.08 Å². The highest BCUT2D eigenvalue weighted by atomic mass is 35.5. The average Bonchev–Trinajstić information content (AvgIpc) is 2.68. The lowest BCUT2D eigenvalue weighted by molar-refractivity contribution is -0.111. The molecule has 1 fully saturated rings. The molecule has 2 aromatic rings. The Labute approximate surface area is 170 Å². The van der Waals surface area contributed by atoms with E-state index in [0.29, 0.717) is 15.7 Å². The Morgan fingerprint density at radius 1 is 1.07 bits per heavy atom. The van der Waals surface area contributed by atoms with Crippen molar-refractivity contribution in [3.63, 3.8) is 0 Å². The molecule has 0 bridgehead atoms. The lowest BCUT2D eigenvalue weighted by atomic mass is 10.2. The van der Waals surface area contributed by atoms with Gasteiger partial charge in [-0.3, -0.25) is 4.79 Å². The Bertz CT molecular complexity index is 813. The number of likely N-dealkylation sites (N-methyl/N-ethyl adjacent to an activating group) is 1. The molecule has 1 N–H and O–H groups in total. The highest BCUT2D eigenvalue weighted by Gasteiger charge is 2.18. The number of halogens is 2. The topological polar surface area (TPSA) is 35.6 Å². The third-order valence-electron chi connectivity index (χ3n) is 4.67. The monoisotopic (exact) mass is 403 g/mol. The van der Waals surface area contributed by atoms with Crippen LogP contribution < -0.4 is 10.2 Å². The molecule has 142 valence electrons. The van der Waals surface area contributed by atoms with Gasteiger partial charge in [0, 0.05) is 43.0 Å². The molecule has 4 nitrogen and oxygen atoms in total. The number of nitrogens with zero attached hydrogens (tertiary/aromatic N) is 2. The van der Waals surface area contributed by atoms with Crippen molar-refractivity contribution in [2.24, 2.45) is 0 Å². The van der Waals surface area contributed by atoms with Crippen LogP contribution in [0.5, 0.6) is 0 Å². The summed E-state index contributed by atoms with van der Waals surface area (Å²) >= 11 is 12.3. The number of carbonyl (C=O) groups excluding carboxylic acids is 1. The summed E-state index contributed by atoms with van der Waals surface area (Å²) in [7, 11) is 0. The minimum Gasteiger partial charge on any atom is -0.368 e. The van der Waals surface area contributed by atoms with Gasteiger partial charge in [-0.25, -0.2) is 0 Å². The molecule has 0 atom stereocenters. The second-order valence-electron chi connectivity index (χ2n) is 6.46. The predicted molar refractivity (Wildman–Crippen MR) is 115 cm³/mol. The molecule has 1 aliphatic heterocycles. The number of hydrogen-bond acceptors (Lipinski definition) is 3. The van der Waals surface area contributed by atoms with Crippen LogP contribution in [0.2, 0.25) is 10.0 Å². The molecule has 27 heavy (non-hydrogen) atoms. The SMILES string of the molecule is CCN1CCN(c2ccc(NC(=O)/C=C\c3ccc(Cl)cc3)cc2Cl)CC1. The predicted octanol–water partition coefficient (Wildman–Crippen LogP) is 4.79. The number of piperazine rings is 1. The van der Waals surface area contributed by atoms with Crippen molar-refractivity contribution >= 4 is 46.6 Å². The summed E-state index contributed by atoms with van der Waals surface area (Å²) in [5, 5.41) is 4.17. The van der Waals surface area contributed by atoms with Crippen LogP contribution in [0.4, 0.5) is 11.4 Å². The summed E-state index contributed by atoms with van der Waals surface area (Å²) < 4.78 is 0. The van der Waals surface area contributed by atoms with Gasteiger partial charge in [0.15, 0.2) is 0 Å². The van der Waals surface area contributed by atoms with Gasteiger partial charge in [0.2, 0.25) is 5.91 Å². The number of amides is 1. The smallest absolute Gasteiger partial charge is 0.248 e. The molecule has 3 rings (SSSR count). The van der Waals surface area contributed by atoms with E-state index in [1.54, 1.807) is 24.3 Å². The molecule has 0 aromatic heterocycles. The molecule has 0 spiro atoms. The zero-order valence-electron chi connectivity index (χ0n) is 15.3. The van der Waals surface area contributed by atoms with Crippen molar-refractivity contribution in [2.45, 2.75) is 6.92 Å². The molecular formula is C21H23Cl2N3O. The van der Waals surface area contributed by atoms with E-state index in [0.717, 1.165) is 44.0 Å². The molecule has 2 aromatic carbocycles. The third-order valence-corrected chi connectivity index (χ3v) is 5.23. The van der Waals surface area contributed by atoms with Crippen LogP contribution >= 0.6 is 23.2 Å². The van der Waals surface area contributed by atoms with Gasteiger partial charge in [0.25, 0.3) is 0 Å². The van der Waals surface area contributed by atoms with E-state index in [2.05, 4.69) is 22.0 Å². The lowest BCUT2D eigenvalue weighted by Crippen LogP contribution is -2.46. The van der Waals surface area contributed by atoms with Crippen molar-refractivity contribution in [1.29, 1.82) is 0 Å². The van der Waals surface area contributed by atoms with Crippen LogP contribution in [-0.4, -0.2) is 43.5 Å². The molecule has 0 radical (unpaired) electrons. The van der Waals surface area contributed by atoms with E-state index < -0.39 is 0 Å². The largest absolute Gasteiger partial charge is 0.368 e. The minimum absolute atomic E-state index is 0.203. The van der Waals surface area contributed by atoms with Crippen LogP contribution in [0.3, 0.4) is 0 Å². The Morgan fingerprint density at radius 3 is 2.41 bits per heavy atom. The molecule has 1 amide bonds. The Morgan fingerprint density at radius 2 is 1.78 bits per heavy atom. The highest BCUT2D eigenvalue weighted by Crippen LogP contribution is 2.29. The van der Waals surface area contributed by atoms with Crippen molar-refractivity contribution < 1.29 is 4.79 Å². The number of carbonyl (C=O) groups is 1. The van der Waals surface area contributed by atoms with Gasteiger partial charge in [0.05, 0.1) is 10.7 Å². The van der Waals surface area contributed by atoms with E-state index >= 15 is 0 Å². The highest BCUT2D eigenvalue weighted by molar-refractivity contribution is 6.33. The van der Waals surface area contributed by atoms with Crippen molar-refractivity contribution in [1.82, 2.24) is 4.90 Å². The van der Waals surface area contributed by atoms with Crippen molar-refractivity contribution in [3.05, 3.63) is 64.1 Å². The number of hydrogen-bond donors (Lipinski definition) is 1. The first-order valence-corrected chi connectivity index (χ1v) is 9.82. The molecule has 0 saturated carbocycles. The molecule has 1 heterocycles. The molecule has 0 aliphatic carbocycles. The summed E-state index contributed by atoms with van der Waals surface area (Å²) in [6, 6.07) is 13.0. The van der Waals surface area contributed by atoms with E-state index in [-0.39, 0.29) is 5.91 Å². The van der Waals surface area contributed by atoms with E-state index in [4.69, 9.17) is 23.2 Å². The van der Waals surface area contributed by atoms with Gasteiger partial charge in [-0.05, 0) is 48.5 Å². The maximum atomic E-state index is 12.1. The van der Waals surface area contributed by atoms with Gasteiger partial charge in [-0.15, -0.1) is 0 Å². The normalized spacial score (nSPS) is 15.3. The van der Waals surface area contributed by atoms with E-state index in [9.17, 15) is 4.79 Å². The lowest BCUT2D eigenvalue weighted by Gasteiger charge is -2.36. The minimum atomic E-state index is -0.203. The van der Waals surface area contributed by atoms with Gasteiger partial charge in [0.1, 0.15) is 0 Å². The molecular weight excluding hydrogens is 381 g/mol. The Balaban J connectivity index is 1.60. The maximum absolute atomic E-state index is 12.1. The zero-order valence-corrected chi connectivity index (χ0v) is 16.8. The van der Waals surface area contributed by atoms with Crippen molar-refractivity contribution in [2.75, 3.05) is 42.9 Å². The van der Waals surface area contributed by atoms with Crippen LogP contribution in [0.1, 0.15) is 12.5 Å². The molecule has 1 aliphatic rings. The summed E-state index contributed by atoms with van der Waals surface area (Å²) in [6.07, 6.45) is 3.24. The first kappa shape index (κ1) is 19.7. The van der Waals surface area contributed by atoms with Crippen LogP contribution in [0.15, 0.2) is 48.5 Å². The average molecular weight is 404 g/mol. The fourth-order valence-corrected chi connectivity index (χ4v) is 3.50. The van der Waals surface area contributed by atoms with Crippen LogP contribution in [0.25, 0.3) is 6.08 Å². The standard InChI is InChI=1S/C21H23Cl2N3O/c1-2-25-11-13-26(14-12-25)20-9-8-18(15-19(20)23)24-21(27)10-5-16-3-6-17(22)7-4-16/h3-10,15H,2,11-14H2,1H3,(H,24,27)/b10-5-. The van der Waals surface area contributed by atoms with Gasteiger partial charge < -0.3 is 15.1 Å².